The lowest BCUT2D eigenvalue weighted by molar-refractivity contribution is -0.192. The van der Waals surface area contributed by atoms with E-state index < -0.39 is 12.1 Å². The summed E-state index contributed by atoms with van der Waals surface area (Å²) in [6.45, 7) is 3.76. The maximum atomic E-state index is 10.6. The summed E-state index contributed by atoms with van der Waals surface area (Å²) in [6, 6.07) is 8.11. The first-order chi connectivity index (χ1) is 9.27. The Morgan fingerprint density at radius 1 is 1.45 bits per heavy atom. The Morgan fingerprint density at radius 2 is 2.00 bits per heavy atom. The number of anilines is 1. The highest BCUT2D eigenvalue weighted by molar-refractivity contribution is 6.03. The molecular formula is C12H14F3N3O2. The van der Waals surface area contributed by atoms with Gasteiger partial charge in [-0.25, -0.2) is 9.79 Å². The van der Waals surface area contributed by atoms with E-state index in [1.54, 1.807) is 0 Å². The Hall–Kier alpha value is -2.25. The molecule has 0 atom stereocenters. The molecule has 1 aromatic rings. The average molecular weight is 289 g/mol. The Balaban J connectivity index is 0.000000246. The van der Waals surface area contributed by atoms with Crippen LogP contribution in [0.5, 0.6) is 0 Å². The van der Waals surface area contributed by atoms with Crippen LogP contribution < -0.4 is 10.6 Å². The highest BCUT2D eigenvalue weighted by Crippen LogP contribution is 2.22. The zero-order chi connectivity index (χ0) is 15.3. The van der Waals surface area contributed by atoms with Crippen LogP contribution in [0.1, 0.15) is 12.5 Å². The Labute approximate surface area is 113 Å². The van der Waals surface area contributed by atoms with Crippen molar-refractivity contribution in [1.82, 2.24) is 0 Å². The lowest BCUT2D eigenvalue weighted by Gasteiger charge is -2.27. The first kappa shape index (κ1) is 15.8. The van der Waals surface area contributed by atoms with Gasteiger partial charge in [-0.15, -0.1) is 0 Å². The zero-order valence-electron chi connectivity index (χ0n) is 10.7. The smallest absolute Gasteiger partial charge is 0.475 e. The maximum Gasteiger partial charge on any atom is 0.490 e. The van der Waals surface area contributed by atoms with Crippen LogP contribution in [0.2, 0.25) is 0 Å². The van der Waals surface area contributed by atoms with E-state index in [9.17, 15) is 13.2 Å². The fourth-order valence-electron chi connectivity index (χ4n) is 1.56. The van der Waals surface area contributed by atoms with Crippen molar-refractivity contribution >= 4 is 17.5 Å². The number of fused-ring (bicyclic) bond motifs is 1. The van der Waals surface area contributed by atoms with E-state index >= 15 is 0 Å². The predicted molar refractivity (Wildman–Crippen MR) is 68.7 cm³/mol. The van der Waals surface area contributed by atoms with Crippen molar-refractivity contribution in [2.75, 3.05) is 18.1 Å². The van der Waals surface area contributed by atoms with Crippen LogP contribution in [-0.4, -0.2) is 36.3 Å². The molecule has 3 N–H and O–H groups in total. The lowest BCUT2D eigenvalue weighted by Crippen LogP contribution is -2.32. The zero-order valence-corrected chi connectivity index (χ0v) is 10.7. The third kappa shape index (κ3) is 3.87. The van der Waals surface area contributed by atoms with Gasteiger partial charge in [0.1, 0.15) is 12.5 Å². The van der Waals surface area contributed by atoms with Crippen LogP contribution in [-0.2, 0) is 4.79 Å². The van der Waals surface area contributed by atoms with E-state index in [0.717, 1.165) is 12.1 Å². The van der Waals surface area contributed by atoms with E-state index in [1.807, 2.05) is 18.2 Å². The molecule has 0 saturated carbocycles. The lowest BCUT2D eigenvalue weighted by atomic mass is 10.1. The summed E-state index contributed by atoms with van der Waals surface area (Å²) < 4.78 is 31.7. The first-order valence-corrected chi connectivity index (χ1v) is 5.71. The predicted octanol–water partition coefficient (Wildman–Crippen LogP) is 1.82. The van der Waals surface area contributed by atoms with E-state index in [0.29, 0.717) is 12.5 Å². The molecule has 0 saturated heterocycles. The number of carboxylic acid groups (broad SMARTS) is 1. The number of amidine groups is 1. The number of rotatable bonds is 1. The number of carboxylic acids is 1. The van der Waals surface area contributed by atoms with Crippen molar-refractivity contribution < 1.29 is 23.1 Å². The number of alkyl halides is 3. The summed E-state index contributed by atoms with van der Waals surface area (Å²) >= 11 is 0. The summed E-state index contributed by atoms with van der Waals surface area (Å²) in [6.07, 6.45) is -5.08. The van der Waals surface area contributed by atoms with Gasteiger partial charge in [-0.1, -0.05) is 12.1 Å². The minimum Gasteiger partial charge on any atom is -0.475 e. The highest BCUT2D eigenvalue weighted by atomic mass is 19.4. The molecular weight excluding hydrogens is 275 g/mol. The third-order valence-corrected chi connectivity index (χ3v) is 2.56. The summed E-state index contributed by atoms with van der Waals surface area (Å²) in [5.41, 5.74) is 8.03. The van der Waals surface area contributed by atoms with Crippen LogP contribution in [0, 0.1) is 0 Å². The van der Waals surface area contributed by atoms with Gasteiger partial charge in [0.25, 0.3) is 0 Å². The molecule has 0 aliphatic carbocycles. The number of hydrogen-bond donors (Lipinski definition) is 2. The molecule has 0 aromatic heterocycles. The molecule has 0 spiro atoms. The molecule has 1 aliphatic heterocycles. The standard InChI is InChI=1S/C10H13N3.C2HF3O2/c1-2-13-7-12-10(11)8-5-3-4-6-9(8)13;3-2(4,5)1(6)7/h3-6H,2,7H2,1H3,(H2,11,12);(H,6,7). The minimum absolute atomic E-state index is 0.653. The minimum atomic E-state index is -5.08. The fraction of sp³-hybridized carbons (Fsp3) is 0.333. The fourth-order valence-corrected chi connectivity index (χ4v) is 1.56. The van der Waals surface area contributed by atoms with E-state index in [-0.39, 0.29) is 0 Å². The van der Waals surface area contributed by atoms with Crippen LogP contribution in [0.4, 0.5) is 18.9 Å². The van der Waals surface area contributed by atoms with Gasteiger partial charge < -0.3 is 15.7 Å². The summed E-state index contributed by atoms with van der Waals surface area (Å²) in [7, 11) is 0. The van der Waals surface area contributed by atoms with Crippen molar-refractivity contribution in [2.24, 2.45) is 10.7 Å². The number of para-hydroxylation sites is 1. The van der Waals surface area contributed by atoms with Gasteiger partial charge in [0, 0.05) is 17.8 Å². The monoisotopic (exact) mass is 289 g/mol. The molecule has 5 nitrogen and oxygen atoms in total. The number of benzene rings is 1. The summed E-state index contributed by atoms with van der Waals surface area (Å²) in [5.74, 6) is -2.10. The van der Waals surface area contributed by atoms with Crippen molar-refractivity contribution in [3.63, 3.8) is 0 Å². The van der Waals surface area contributed by atoms with Crippen LogP contribution in [0.25, 0.3) is 0 Å². The number of nitrogens with zero attached hydrogens (tertiary/aromatic N) is 2. The second-order valence-corrected chi connectivity index (χ2v) is 3.86. The van der Waals surface area contributed by atoms with Crippen LogP contribution >= 0.6 is 0 Å². The van der Waals surface area contributed by atoms with Gasteiger partial charge >= 0.3 is 12.1 Å². The van der Waals surface area contributed by atoms with E-state index in [2.05, 4.69) is 22.9 Å². The SMILES string of the molecule is CCN1CN=C(N)c2ccccc21.O=C(O)C(F)(F)F. The second-order valence-electron chi connectivity index (χ2n) is 3.86. The Kier molecular flexibility index (Phi) is 4.95. The van der Waals surface area contributed by atoms with Gasteiger partial charge in [0.15, 0.2) is 0 Å². The number of aliphatic imine (C=N–C) groups is 1. The molecule has 0 fully saturated rings. The van der Waals surface area contributed by atoms with Crippen molar-refractivity contribution in [3.05, 3.63) is 29.8 Å². The molecule has 0 radical (unpaired) electrons. The number of hydrogen-bond acceptors (Lipinski definition) is 4. The largest absolute Gasteiger partial charge is 0.490 e. The number of nitrogens with two attached hydrogens (primary N) is 1. The second kappa shape index (κ2) is 6.27. The van der Waals surface area contributed by atoms with Crippen LogP contribution in [0.3, 0.4) is 0 Å². The normalized spacial score (nSPS) is 13.8. The average Bonchev–Trinajstić information content (AvgIpc) is 2.39. The number of aliphatic carboxylic acids is 1. The Morgan fingerprint density at radius 3 is 2.50 bits per heavy atom. The molecule has 1 aliphatic rings. The topological polar surface area (TPSA) is 78.9 Å². The van der Waals surface area contributed by atoms with E-state index in [1.165, 1.54) is 5.69 Å². The van der Waals surface area contributed by atoms with Crippen molar-refractivity contribution in [3.8, 4) is 0 Å². The Bertz CT molecular complexity index is 515. The number of halogens is 3. The summed E-state index contributed by atoms with van der Waals surface area (Å²) in [4.78, 5) is 15.3. The molecule has 8 heteroatoms. The molecule has 0 bridgehead atoms. The van der Waals surface area contributed by atoms with Crippen molar-refractivity contribution in [1.29, 1.82) is 0 Å². The van der Waals surface area contributed by atoms with Crippen molar-refractivity contribution in [2.45, 2.75) is 13.1 Å². The molecule has 0 unspecified atom stereocenters. The van der Waals surface area contributed by atoms with E-state index in [4.69, 9.17) is 15.6 Å². The van der Waals surface area contributed by atoms with Gasteiger partial charge in [0.05, 0.1) is 0 Å². The van der Waals surface area contributed by atoms with Gasteiger partial charge in [-0.2, -0.15) is 13.2 Å². The molecule has 1 aromatic carbocycles. The van der Waals surface area contributed by atoms with Gasteiger partial charge in [-0.3, -0.25) is 0 Å². The maximum absolute atomic E-state index is 10.6. The van der Waals surface area contributed by atoms with Gasteiger partial charge in [-0.05, 0) is 19.1 Å². The van der Waals surface area contributed by atoms with Crippen LogP contribution in [0.15, 0.2) is 29.3 Å². The third-order valence-electron chi connectivity index (χ3n) is 2.56. The molecule has 1 heterocycles. The quantitative estimate of drug-likeness (QED) is 0.826. The van der Waals surface area contributed by atoms with Gasteiger partial charge in [0.2, 0.25) is 0 Å². The number of carbonyl (C=O) groups is 1. The molecule has 20 heavy (non-hydrogen) atoms. The molecule has 0 amide bonds. The highest BCUT2D eigenvalue weighted by Gasteiger charge is 2.38. The first-order valence-electron chi connectivity index (χ1n) is 5.71. The summed E-state index contributed by atoms with van der Waals surface area (Å²) in [5, 5.41) is 7.12. The molecule has 2 rings (SSSR count). The molecule has 110 valence electrons.